The van der Waals surface area contributed by atoms with Gasteiger partial charge in [-0.25, -0.2) is 4.39 Å². The molecule has 82 valence electrons. The Morgan fingerprint density at radius 1 is 0.938 bits per heavy atom. The summed E-state index contributed by atoms with van der Waals surface area (Å²) in [6.07, 6.45) is 0. The molecule has 16 heavy (non-hydrogen) atoms. The van der Waals surface area contributed by atoms with Crippen LogP contribution in [0.2, 0.25) is 0 Å². The molecule has 0 N–H and O–H groups in total. The summed E-state index contributed by atoms with van der Waals surface area (Å²) in [5.74, 6) is 0.585. The van der Waals surface area contributed by atoms with Gasteiger partial charge in [0.15, 0.2) is 11.6 Å². The molecule has 0 amide bonds. The second-order valence-electron chi connectivity index (χ2n) is 3.85. The molecule has 0 aliphatic heterocycles. The monoisotopic (exact) mass is 216 g/mol. The fraction of sp³-hybridized carbons (Fsp3) is 0.143. The average Bonchev–Trinajstić information content (AvgIpc) is 2.24. The summed E-state index contributed by atoms with van der Waals surface area (Å²) >= 11 is 0. The van der Waals surface area contributed by atoms with Crippen LogP contribution >= 0.6 is 0 Å². The van der Waals surface area contributed by atoms with Gasteiger partial charge < -0.3 is 4.74 Å². The van der Waals surface area contributed by atoms with Crippen LogP contribution < -0.4 is 4.74 Å². The highest BCUT2D eigenvalue weighted by molar-refractivity contribution is 5.36. The molecule has 0 aliphatic carbocycles. The van der Waals surface area contributed by atoms with Crippen molar-refractivity contribution in [2.24, 2.45) is 0 Å². The van der Waals surface area contributed by atoms with Crippen molar-refractivity contribution in [3.63, 3.8) is 0 Å². The van der Waals surface area contributed by atoms with E-state index in [9.17, 15) is 4.39 Å². The number of benzene rings is 2. The van der Waals surface area contributed by atoms with Gasteiger partial charge in [-0.05, 0) is 49.2 Å². The maximum atomic E-state index is 13.4. The zero-order chi connectivity index (χ0) is 11.5. The van der Waals surface area contributed by atoms with Crippen molar-refractivity contribution in [2.75, 3.05) is 0 Å². The SMILES string of the molecule is Cc1cccc(Oc2cc(C)ccc2F)c1. The molecule has 2 aromatic rings. The molecule has 0 fully saturated rings. The topological polar surface area (TPSA) is 9.23 Å². The first-order chi connectivity index (χ1) is 7.65. The Kier molecular flexibility index (Phi) is 2.91. The molecule has 0 atom stereocenters. The maximum absolute atomic E-state index is 13.4. The molecule has 0 saturated heterocycles. The van der Waals surface area contributed by atoms with Crippen molar-refractivity contribution in [3.8, 4) is 11.5 Å². The third-order valence-electron chi connectivity index (χ3n) is 2.30. The maximum Gasteiger partial charge on any atom is 0.165 e. The Balaban J connectivity index is 2.30. The molecule has 0 saturated carbocycles. The van der Waals surface area contributed by atoms with Crippen LogP contribution in [-0.2, 0) is 0 Å². The average molecular weight is 216 g/mol. The highest BCUT2D eigenvalue weighted by Crippen LogP contribution is 2.25. The number of hydrogen-bond acceptors (Lipinski definition) is 1. The van der Waals surface area contributed by atoms with Crippen LogP contribution in [0, 0.1) is 19.7 Å². The zero-order valence-electron chi connectivity index (χ0n) is 9.33. The number of hydrogen-bond donors (Lipinski definition) is 0. The van der Waals surface area contributed by atoms with E-state index in [0.717, 1.165) is 11.1 Å². The van der Waals surface area contributed by atoms with Gasteiger partial charge in [0.2, 0.25) is 0 Å². The molecule has 0 heterocycles. The molecule has 2 aromatic carbocycles. The van der Waals surface area contributed by atoms with Gasteiger partial charge in [-0.15, -0.1) is 0 Å². The van der Waals surface area contributed by atoms with E-state index >= 15 is 0 Å². The summed E-state index contributed by atoms with van der Waals surface area (Å²) in [5.41, 5.74) is 2.06. The summed E-state index contributed by atoms with van der Waals surface area (Å²) in [7, 11) is 0. The minimum absolute atomic E-state index is 0.269. The van der Waals surface area contributed by atoms with Gasteiger partial charge in [0.05, 0.1) is 0 Å². The van der Waals surface area contributed by atoms with Gasteiger partial charge in [0.25, 0.3) is 0 Å². The van der Waals surface area contributed by atoms with Crippen molar-refractivity contribution in [2.45, 2.75) is 13.8 Å². The van der Waals surface area contributed by atoms with Gasteiger partial charge in [-0.2, -0.15) is 0 Å². The van der Waals surface area contributed by atoms with Crippen LogP contribution in [0.15, 0.2) is 42.5 Å². The standard InChI is InChI=1S/C14H13FO/c1-10-4-3-5-12(8-10)16-14-9-11(2)6-7-13(14)15/h3-9H,1-2H3. The summed E-state index contributed by atoms with van der Waals surface area (Å²) in [6.45, 7) is 3.88. The third kappa shape index (κ3) is 2.40. The summed E-state index contributed by atoms with van der Waals surface area (Å²) in [6, 6.07) is 12.4. The molecule has 2 heteroatoms. The Morgan fingerprint density at radius 3 is 2.44 bits per heavy atom. The Morgan fingerprint density at radius 2 is 1.69 bits per heavy atom. The first kappa shape index (κ1) is 10.7. The van der Waals surface area contributed by atoms with E-state index in [2.05, 4.69) is 0 Å². The minimum atomic E-state index is -0.341. The van der Waals surface area contributed by atoms with Gasteiger partial charge in [-0.1, -0.05) is 18.2 Å². The lowest BCUT2D eigenvalue weighted by atomic mass is 10.2. The predicted octanol–water partition coefficient (Wildman–Crippen LogP) is 4.23. The predicted molar refractivity (Wildman–Crippen MR) is 62.4 cm³/mol. The fourth-order valence-corrected chi connectivity index (χ4v) is 1.49. The van der Waals surface area contributed by atoms with Crippen LogP contribution in [0.4, 0.5) is 4.39 Å². The van der Waals surface area contributed by atoms with E-state index in [0.29, 0.717) is 5.75 Å². The molecule has 0 aliphatic rings. The second-order valence-corrected chi connectivity index (χ2v) is 3.85. The number of aryl methyl sites for hydroxylation is 2. The summed E-state index contributed by atoms with van der Waals surface area (Å²) < 4.78 is 18.9. The normalized spacial score (nSPS) is 10.2. The largest absolute Gasteiger partial charge is 0.454 e. The molecule has 0 radical (unpaired) electrons. The van der Waals surface area contributed by atoms with Crippen LogP contribution in [0.5, 0.6) is 11.5 Å². The van der Waals surface area contributed by atoms with Crippen LogP contribution in [-0.4, -0.2) is 0 Å². The van der Waals surface area contributed by atoms with Crippen molar-refractivity contribution >= 4 is 0 Å². The molecule has 0 unspecified atom stereocenters. The lowest BCUT2D eigenvalue weighted by molar-refractivity contribution is 0.441. The van der Waals surface area contributed by atoms with Crippen molar-refractivity contribution in [1.29, 1.82) is 0 Å². The van der Waals surface area contributed by atoms with E-state index in [1.54, 1.807) is 12.1 Å². The highest BCUT2D eigenvalue weighted by atomic mass is 19.1. The molecule has 1 nitrogen and oxygen atoms in total. The third-order valence-corrected chi connectivity index (χ3v) is 2.30. The minimum Gasteiger partial charge on any atom is -0.454 e. The lowest BCUT2D eigenvalue weighted by Crippen LogP contribution is -1.89. The van der Waals surface area contributed by atoms with E-state index in [-0.39, 0.29) is 11.6 Å². The first-order valence-corrected chi connectivity index (χ1v) is 5.16. The zero-order valence-corrected chi connectivity index (χ0v) is 9.33. The Hall–Kier alpha value is -1.83. The van der Waals surface area contributed by atoms with Crippen LogP contribution in [0.3, 0.4) is 0 Å². The molecular weight excluding hydrogens is 203 g/mol. The number of halogens is 1. The molecule has 0 spiro atoms. The van der Waals surface area contributed by atoms with Crippen LogP contribution in [0.1, 0.15) is 11.1 Å². The van der Waals surface area contributed by atoms with E-state index in [1.165, 1.54) is 6.07 Å². The first-order valence-electron chi connectivity index (χ1n) is 5.16. The van der Waals surface area contributed by atoms with Crippen molar-refractivity contribution < 1.29 is 9.13 Å². The van der Waals surface area contributed by atoms with E-state index in [1.807, 2.05) is 38.1 Å². The molecular formula is C14H13FO. The molecule has 0 aromatic heterocycles. The van der Waals surface area contributed by atoms with Gasteiger partial charge >= 0.3 is 0 Å². The number of ether oxygens (including phenoxy) is 1. The highest BCUT2D eigenvalue weighted by Gasteiger charge is 2.04. The van der Waals surface area contributed by atoms with E-state index in [4.69, 9.17) is 4.74 Å². The number of rotatable bonds is 2. The van der Waals surface area contributed by atoms with Gasteiger partial charge in [0, 0.05) is 0 Å². The Bertz CT molecular complexity index is 506. The van der Waals surface area contributed by atoms with Crippen molar-refractivity contribution in [1.82, 2.24) is 0 Å². The summed E-state index contributed by atoms with van der Waals surface area (Å²) in [5, 5.41) is 0. The Labute approximate surface area is 94.5 Å². The van der Waals surface area contributed by atoms with Crippen molar-refractivity contribution in [3.05, 3.63) is 59.4 Å². The van der Waals surface area contributed by atoms with Gasteiger partial charge in [0.1, 0.15) is 5.75 Å². The quantitative estimate of drug-likeness (QED) is 0.729. The van der Waals surface area contributed by atoms with Crippen LogP contribution in [0.25, 0.3) is 0 Å². The molecule has 0 bridgehead atoms. The van der Waals surface area contributed by atoms with E-state index < -0.39 is 0 Å². The lowest BCUT2D eigenvalue weighted by Gasteiger charge is -2.07. The smallest absolute Gasteiger partial charge is 0.165 e. The fourth-order valence-electron chi connectivity index (χ4n) is 1.49. The van der Waals surface area contributed by atoms with Gasteiger partial charge in [-0.3, -0.25) is 0 Å². The molecule has 2 rings (SSSR count). The summed E-state index contributed by atoms with van der Waals surface area (Å²) in [4.78, 5) is 0. The second kappa shape index (κ2) is 4.35.